The monoisotopic (exact) mass is 358 g/mol. The number of carbonyl (C=O) groups is 1. The normalized spacial score (nSPS) is 11.0. The van der Waals surface area contributed by atoms with Gasteiger partial charge in [-0.15, -0.1) is 0 Å². The molecular weight excluding hydrogens is 336 g/mol. The highest BCUT2D eigenvalue weighted by atomic mass is 16.5. The minimum absolute atomic E-state index is 0.0372. The Morgan fingerprint density at radius 1 is 1.04 bits per heavy atom. The summed E-state index contributed by atoms with van der Waals surface area (Å²) in [6.45, 7) is 2.16. The molecule has 0 saturated carbocycles. The number of carbonyl (C=O) groups excluding carboxylic acids is 1. The van der Waals surface area contributed by atoms with E-state index in [1.807, 2.05) is 36.4 Å². The molecule has 4 rings (SSSR count). The summed E-state index contributed by atoms with van der Waals surface area (Å²) in [6.07, 6.45) is 1.31. The molecule has 4 nitrogen and oxygen atoms in total. The van der Waals surface area contributed by atoms with Gasteiger partial charge in [0.25, 0.3) is 0 Å². The number of aromatic nitrogens is 1. The first kappa shape index (κ1) is 17.2. The Hall–Kier alpha value is -3.27. The van der Waals surface area contributed by atoms with Crippen LogP contribution in [0.4, 0.5) is 5.69 Å². The zero-order valence-corrected chi connectivity index (χ0v) is 15.5. The van der Waals surface area contributed by atoms with E-state index in [1.165, 1.54) is 21.9 Å². The van der Waals surface area contributed by atoms with Crippen molar-refractivity contribution in [3.8, 4) is 5.75 Å². The maximum Gasteiger partial charge on any atom is 0.228 e. The second-order valence-electron chi connectivity index (χ2n) is 6.65. The Kier molecular flexibility index (Phi) is 4.55. The minimum atomic E-state index is -0.0372. The maximum atomic E-state index is 12.4. The number of benzene rings is 3. The standard InChI is InChI=1S/C23H22N2O2/c1-3-16-5-4-6-20-19-12-9-17(14-21(19)25-23(16)20)24-22(26)13-15-7-10-18(27-2)11-8-15/h4-12,14,25H,3,13H2,1-2H3,(H,24,26). The van der Waals surface area contributed by atoms with E-state index >= 15 is 0 Å². The summed E-state index contributed by atoms with van der Waals surface area (Å²) >= 11 is 0. The average Bonchev–Trinajstić information content (AvgIpc) is 3.06. The molecule has 0 saturated heterocycles. The highest BCUT2D eigenvalue weighted by molar-refractivity contribution is 6.09. The summed E-state index contributed by atoms with van der Waals surface area (Å²) in [4.78, 5) is 15.9. The second kappa shape index (κ2) is 7.16. The van der Waals surface area contributed by atoms with Gasteiger partial charge >= 0.3 is 0 Å². The van der Waals surface area contributed by atoms with Crippen LogP contribution >= 0.6 is 0 Å². The van der Waals surface area contributed by atoms with E-state index in [0.717, 1.165) is 28.9 Å². The molecule has 0 spiro atoms. The van der Waals surface area contributed by atoms with E-state index in [-0.39, 0.29) is 5.91 Å². The highest BCUT2D eigenvalue weighted by Crippen LogP contribution is 2.29. The molecule has 0 aliphatic heterocycles. The largest absolute Gasteiger partial charge is 0.497 e. The molecule has 1 aromatic heterocycles. The number of aromatic amines is 1. The Bertz CT molecular complexity index is 1110. The number of fused-ring (bicyclic) bond motifs is 3. The minimum Gasteiger partial charge on any atom is -0.497 e. The number of methoxy groups -OCH3 is 1. The van der Waals surface area contributed by atoms with Crippen molar-refractivity contribution in [3.63, 3.8) is 0 Å². The molecule has 4 aromatic rings. The fraction of sp³-hybridized carbons (Fsp3) is 0.174. The van der Waals surface area contributed by atoms with Gasteiger partial charge in [0, 0.05) is 27.5 Å². The molecule has 0 fully saturated rings. The van der Waals surface area contributed by atoms with Crippen LogP contribution in [0.1, 0.15) is 18.1 Å². The summed E-state index contributed by atoms with van der Waals surface area (Å²) < 4.78 is 5.15. The second-order valence-corrected chi connectivity index (χ2v) is 6.65. The van der Waals surface area contributed by atoms with Crippen LogP contribution in [0.25, 0.3) is 21.8 Å². The topological polar surface area (TPSA) is 54.1 Å². The van der Waals surface area contributed by atoms with Gasteiger partial charge in [0.2, 0.25) is 5.91 Å². The van der Waals surface area contributed by atoms with Crippen LogP contribution in [0.3, 0.4) is 0 Å². The van der Waals surface area contributed by atoms with E-state index in [1.54, 1.807) is 7.11 Å². The Morgan fingerprint density at radius 2 is 1.85 bits per heavy atom. The Labute approximate surface area is 158 Å². The molecule has 0 bridgehead atoms. The van der Waals surface area contributed by atoms with E-state index in [2.05, 4.69) is 41.5 Å². The number of rotatable bonds is 5. The summed E-state index contributed by atoms with van der Waals surface area (Å²) in [7, 11) is 1.63. The highest BCUT2D eigenvalue weighted by Gasteiger charge is 2.09. The van der Waals surface area contributed by atoms with Crippen LogP contribution in [-0.2, 0) is 17.6 Å². The van der Waals surface area contributed by atoms with Crippen molar-refractivity contribution < 1.29 is 9.53 Å². The number of H-pyrrole nitrogens is 1. The van der Waals surface area contributed by atoms with Crippen molar-refractivity contribution in [1.29, 1.82) is 0 Å². The molecule has 0 atom stereocenters. The first-order valence-electron chi connectivity index (χ1n) is 9.14. The Morgan fingerprint density at radius 3 is 2.59 bits per heavy atom. The van der Waals surface area contributed by atoms with Gasteiger partial charge in [-0.25, -0.2) is 0 Å². The molecule has 2 N–H and O–H groups in total. The molecule has 0 unspecified atom stereocenters. The third kappa shape index (κ3) is 3.38. The van der Waals surface area contributed by atoms with E-state index in [9.17, 15) is 4.79 Å². The summed E-state index contributed by atoms with van der Waals surface area (Å²) in [6, 6.07) is 20.0. The lowest BCUT2D eigenvalue weighted by atomic mass is 10.1. The van der Waals surface area contributed by atoms with Crippen LogP contribution in [-0.4, -0.2) is 18.0 Å². The van der Waals surface area contributed by atoms with Crippen LogP contribution < -0.4 is 10.1 Å². The molecule has 0 aliphatic rings. The van der Waals surface area contributed by atoms with Crippen LogP contribution in [0.5, 0.6) is 5.75 Å². The van der Waals surface area contributed by atoms with Crippen LogP contribution in [0.15, 0.2) is 60.7 Å². The lowest BCUT2D eigenvalue weighted by Crippen LogP contribution is -2.14. The zero-order chi connectivity index (χ0) is 18.8. The van der Waals surface area contributed by atoms with Gasteiger partial charge in [-0.1, -0.05) is 43.3 Å². The summed E-state index contributed by atoms with van der Waals surface area (Å²) in [5.74, 6) is 0.750. The molecule has 0 radical (unpaired) electrons. The molecule has 136 valence electrons. The number of hydrogen-bond acceptors (Lipinski definition) is 2. The molecule has 4 heteroatoms. The lowest BCUT2D eigenvalue weighted by Gasteiger charge is -2.06. The number of nitrogens with one attached hydrogen (secondary N) is 2. The maximum absolute atomic E-state index is 12.4. The van der Waals surface area contributed by atoms with Gasteiger partial charge in [-0.2, -0.15) is 0 Å². The number of anilines is 1. The number of hydrogen-bond donors (Lipinski definition) is 2. The molecular formula is C23H22N2O2. The van der Waals surface area contributed by atoms with Crippen molar-refractivity contribution in [2.24, 2.45) is 0 Å². The predicted octanol–water partition coefficient (Wildman–Crippen LogP) is 5.07. The number of para-hydroxylation sites is 1. The van der Waals surface area contributed by atoms with Gasteiger partial charge in [0.15, 0.2) is 0 Å². The Balaban J connectivity index is 1.56. The predicted molar refractivity (Wildman–Crippen MR) is 111 cm³/mol. The number of ether oxygens (including phenoxy) is 1. The van der Waals surface area contributed by atoms with Crippen molar-refractivity contribution in [3.05, 3.63) is 71.8 Å². The van der Waals surface area contributed by atoms with Crippen molar-refractivity contribution in [2.45, 2.75) is 19.8 Å². The first-order chi connectivity index (χ1) is 13.2. The average molecular weight is 358 g/mol. The summed E-state index contributed by atoms with van der Waals surface area (Å²) in [5.41, 5.74) is 5.26. The zero-order valence-electron chi connectivity index (χ0n) is 15.5. The number of amides is 1. The lowest BCUT2D eigenvalue weighted by molar-refractivity contribution is -0.115. The number of aryl methyl sites for hydroxylation is 1. The molecule has 3 aromatic carbocycles. The van der Waals surface area contributed by atoms with E-state index < -0.39 is 0 Å². The van der Waals surface area contributed by atoms with Crippen LogP contribution in [0.2, 0.25) is 0 Å². The molecule has 0 aliphatic carbocycles. The van der Waals surface area contributed by atoms with Crippen LogP contribution in [0, 0.1) is 0 Å². The van der Waals surface area contributed by atoms with E-state index in [4.69, 9.17) is 4.74 Å². The quantitative estimate of drug-likeness (QED) is 0.523. The SMILES string of the molecule is CCc1cccc2c1[nH]c1cc(NC(=O)Cc3ccc(OC)cc3)ccc12. The molecule has 27 heavy (non-hydrogen) atoms. The van der Waals surface area contributed by atoms with E-state index in [0.29, 0.717) is 6.42 Å². The first-order valence-corrected chi connectivity index (χ1v) is 9.14. The van der Waals surface area contributed by atoms with Crippen molar-refractivity contribution >= 4 is 33.4 Å². The van der Waals surface area contributed by atoms with Crippen molar-refractivity contribution in [1.82, 2.24) is 4.98 Å². The van der Waals surface area contributed by atoms with Gasteiger partial charge in [0.05, 0.1) is 13.5 Å². The smallest absolute Gasteiger partial charge is 0.228 e. The van der Waals surface area contributed by atoms with Gasteiger partial charge < -0.3 is 15.0 Å². The molecule has 1 heterocycles. The van der Waals surface area contributed by atoms with Gasteiger partial charge in [-0.05, 0) is 41.8 Å². The fourth-order valence-electron chi connectivity index (χ4n) is 3.50. The summed E-state index contributed by atoms with van der Waals surface area (Å²) in [5, 5.41) is 5.39. The molecule has 1 amide bonds. The third-order valence-corrected chi connectivity index (χ3v) is 4.91. The van der Waals surface area contributed by atoms with Gasteiger partial charge in [0.1, 0.15) is 5.75 Å². The third-order valence-electron chi connectivity index (χ3n) is 4.91. The van der Waals surface area contributed by atoms with Gasteiger partial charge in [-0.3, -0.25) is 4.79 Å². The van der Waals surface area contributed by atoms with Crippen molar-refractivity contribution in [2.75, 3.05) is 12.4 Å². The fourth-order valence-corrected chi connectivity index (χ4v) is 3.50.